The van der Waals surface area contributed by atoms with Crippen LogP contribution in [0.25, 0.3) is 0 Å². The molecule has 9 heteroatoms. The number of aliphatic hydroxyl groups excluding tert-OH is 5. The van der Waals surface area contributed by atoms with Gasteiger partial charge in [0.25, 0.3) is 0 Å². The van der Waals surface area contributed by atoms with Gasteiger partial charge in [0, 0.05) is 6.42 Å². The van der Waals surface area contributed by atoms with Crippen LogP contribution in [0.5, 0.6) is 0 Å². The third kappa shape index (κ3) is 27.4. The number of carbonyl (C=O) groups is 1. The number of carbonyl (C=O) groups excluding carboxylic acids is 1. The average Bonchev–Trinajstić information content (AvgIpc) is 3.18. The maximum Gasteiger partial charge on any atom is 0.220 e. The number of unbranched alkanes of at least 4 members (excludes halogenated alkanes) is 20. The monoisotopic (exact) mass is 778 g/mol. The highest BCUT2D eigenvalue weighted by Crippen LogP contribution is 2.22. The molecule has 1 heterocycles. The highest BCUT2D eigenvalue weighted by atomic mass is 16.7. The van der Waals surface area contributed by atoms with Gasteiger partial charge in [-0.15, -0.1) is 0 Å². The fourth-order valence-corrected chi connectivity index (χ4v) is 6.73. The van der Waals surface area contributed by atoms with E-state index in [0.717, 1.165) is 57.8 Å². The van der Waals surface area contributed by atoms with Crippen LogP contribution in [-0.2, 0) is 14.3 Å². The van der Waals surface area contributed by atoms with Crippen LogP contribution < -0.4 is 5.32 Å². The molecule has 0 aromatic carbocycles. The normalized spacial score (nSPS) is 21.8. The first-order valence-electron chi connectivity index (χ1n) is 22.4. The van der Waals surface area contributed by atoms with Crippen LogP contribution in [-0.4, -0.2) is 87.5 Å². The summed E-state index contributed by atoms with van der Waals surface area (Å²) in [6.07, 6.45) is 38.6. The zero-order valence-corrected chi connectivity index (χ0v) is 34.9. The predicted molar refractivity (Wildman–Crippen MR) is 226 cm³/mol. The van der Waals surface area contributed by atoms with Gasteiger partial charge in [-0.25, -0.2) is 0 Å². The Balaban J connectivity index is 2.41. The Morgan fingerprint density at radius 1 is 0.618 bits per heavy atom. The van der Waals surface area contributed by atoms with Crippen molar-refractivity contribution in [1.82, 2.24) is 5.32 Å². The molecule has 55 heavy (non-hydrogen) atoms. The van der Waals surface area contributed by atoms with Gasteiger partial charge in [0.1, 0.15) is 24.4 Å². The van der Waals surface area contributed by atoms with Crippen molar-refractivity contribution in [3.63, 3.8) is 0 Å². The molecule has 1 aliphatic heterocycles. The molecule has 0 aromatic heterocycles. The second kappa shape index (κ2) is 36.5. The summed E-state index contributed by atoms with van der Waals surface area (Å²) in [6, 6.07) is -0.825. The van der Waals surface area contributed by atoms with E-state index in [1.165, 1.54) is 103 Å². The molecule has 7 atom stereocenters. The Labute approximate surface area is 335 Å². The van der Waals surface area contributed by atoms with Crippen molar-refractivity contribution in [2.45, 2.75) is 224 Å². The van der Waals surface area contributed by atoms with Crippen LogP contribution in [0.2, 0.25) is 0 Å². The molecule has 1 fully saturated rings. The Morgan fingerprint density at radius 3 is 1.67 bits per heavy atom. The second-order valence-corrected chi connectivity index (χ2v) is 15.5. The van der Waals surface area contributed by atoms with E-state index in [4.69, 9.17) is 9.47 Å². The molecule has 320 valence electrons. The van der Waals surface area contributed by atoms with Crippen molar-refractivity contribution in [2.75, 3.05) is 13.2 Å². The van der Waals surface area contributed by atoms with Crippen molar-refractivity contribution in [3.05, 3.63) is 48.6 Å². The van der Waals surface area contributed by atoms with Gasteiger partial charge in [-0.3, -0.25) is 4.79 Å². The van der Waals surface area contributed by atoms with Crippen LogP contribution >= 0.6 is 0 Å². The van der Waals surface area contributed by atoms with Crippen molar-refractivity contribution >= 4 is 5.91 Å². The molecule has 0 spiro atoms. The van der Waals surface area contributed by atoms with Crippen molar-refractivity contribution in [2.24, 2.45) is 0 Å². The third-order valence-corrected chi connectivity index (χ3v) is 10.4. The smallest absolute Gasteiger partial charge is 0.220 e. The fraction of sp³-hybridized carbons (Fsp3) is 0.804. The maximum absolute atomic E-state index is 12.9. The first kappa shape index (κ1) is 51.2. The van der Waals surface area contributed by atoms with Crippen LogP contribution in [0.15, 0.2) is 48.6 Å². The maximum atomic E-state index is 12.9. The van der Waals surface area contributed by atoms with E-state index in [0.29, 0.717) is 6.42 Å². The Hall–Kier alpha value is -1.85. The molecule has 7 unspecified atom stereocenters. The quantitative estimate of drug-likeness (QED) is 0.0273. The van der Waals surface area contributed by atoms with Crippen LogP contribution in [0.4, 0.5) is 0 Å². The van der Waals surface area contributed by atoms with Crippen LogP contribution in [0.1, 0.15) is 181 Å². The number of hydrogen-bond donors (Lipinski definition) is 6. The first-order chi connectivity index (χ1) is 26.8. The van der Waals surface area contributed by atoms with E-state index < -0.39 is 49.5 Å². The largest absolute Gasteiger partial charge is 0.394 e. The molecule has 0 radical (unpaired) electrons. The van der Waals surface area contributed by atoms with Gasteiger partial charge >= 0.3 is 0 Å². The van der Waals surface area contributed by atoms with Crippen molar-refractivity contribution in [1.29, 1.82) is 0 Å². The molecular weight excluding hydrogens is 695 g/mol. The van der Waals surface area contributed by atoms with Crippen LogP contribution in [0.3, 0.4) is 0 Å². The summed E-state index contributed by atoms with van der Waals surface area (Å²) in [4.78, 5) is 12.9. The number of allylic oxidation sites excluding steroid dienone is 7. The lowest BCUT2D eigenvalue weighted by molar-refractivity contribution is -0.302. The van der Waals surface area contributed by atoms with E-state index in [2.05, 4.69) is 55.6 Å². The number of amides is 1. The Kier molecular flexibility index (Phi) is 33.9. The minimum atomic E-state index is -1.57. The predicted octanol–water partition coefficient (Wildman–Crippen LogP) is 9.06. The summed E-state index contributed by atoms with van der Waals surface area (Å²) >= 11 is 0. The number of nitrogens with one attached hydrogen (secondary N) is 1. The van der Waals surface area contributed by atoms with E-state index in [-0.39, 0.29) is 12.5 Å². The zero-order chi connectivity index (χ0) is 40.2. The fourth-order valence-electron chi connectivity index (χ4n) is 6.73. The van der Waals surface area contributed by atoms with Gasteiger partial charge < -0.3 is 40.3 Å². The minimum Gasteiger partial charge on any atom is -0.394 e. The molecule has 9 nitrogen and oxygen atoms in total. The van der Waals surface area contributed by atoms with E-state index in [9.17, 15) is 30.3 Å². The number of aliphatic hydroxyl groups is 5. The summed E-state index contributed by atoms with van der Waals surface area (Å²) in [5.74, 6) is -0.197. The lowest BCUT2D eigenvalue weighted by Gasteiger charge is -2.40. The van der Waals surface area contributed by atoms with Gasteiger partial charge in [-0.05, 0) is 64.2 Å². The molecule has 0 aromatic rings. The van der Waals surface area contributed by atoms with Gasteiger partial charge in [-0.1, -0.05) is 159 Å². The highest BCUT2D eigenvalue weighted by Gasteiger charge is 2.44. The second-order valence-electron chi connectivity index (χ2n) is 15.5. The zero-order valence-electron chi connectivity index (χ0n) is 34.9. The summed E-state index contributed by atoms with van der Waals surface area (Å²) in [6.45, 7) is 3.71. The SMILES string of the molecule is CCCCC/C=C\C/C=C\CCCCCCCCCC(=O)NC(COC1OC(CO)C(O)C(O)C1O)C(O)/C=C/CC/C=C/CCCCCCCCCCC. The van der Waals surface area contributed by atoms with E-state index >= 15 is 0 Å². The number of rotatable bonds is 36. The van der Waals surface area contributed by atoms with E-state index in [1.807, 2.05) is 6.08 Å². The van der Waals surface area contributed by atoms with Gasteiger partial charge in [0.15, 0.2) is 6.29 Å². The van der Waals surface area contributed by atoms with Crippen molar-refractivity contribution in [3.8, 4) is 0 Å². The molecule has 1 rings (SSSR count). The van der Waals surface area contributed by atoms with Crippen molar-refractivity contribution < 1.29 is 39.8 Å². The van der Waals surface area contributed by atoms with E-state index in [1.54, 1.807) is 6.08 Å². The van der Waals surface area contributed by atoms with Gasteiger partial charge in [0.2, 0.25) is 5.91 Å². The minimum absolute atomic E-state index is 0.197. The standard InChI is InChI=1S/C46H83NO8/c1-3-5-7-9-11-13-15-17-19-20-22-24-26-28-30-32-34-36-42(50)47-39(38-54-46-45(53)44(52)43(51)41(37-48)55-46)40(49)35-33-31-29-27-25-23-21-18-16-14-12-10-8-6-4-2/h11,13,17,19,25,27,33,35,39-41,43-46,48-49,51-53H,3-10,12,14-16,18,20-24,26,28-32,34,36-38H2,1-2H3,(H,47,50)/b13-11-,19-17-,27-25+,35-33+. The lowest BCUT2D eigenvalue weighted by Crippen LogP contribution is -2.60. The average molecular weight is 778 g/mol. The molecule has 0 saturated carbocycles. The molecule has 1 amide bonds. The van der Waals surface area contributed by atoms with Gasteiger partial charge in [-0.2, -0.15) is 0 Å². The topological polar surface area (TPSA) is 149 Å². The molecule has 1 saturated heterocycles. The highest BCUT2D eigenvalue weighted by molar-refractivity contribution is 5.76. The molecule has 0 aliphatic carbocycles. The Bertz CT molecular complexity index is 998. The number of hydrogen-bond acceptors (Lipinski definition) is 8. The summed E-state index contributed by atoms with van der Waals surface area (Å²) < 4.78 is 11.2. The third-order valence-electron chi connectivity index (χ3n) is 10.4. The summed E-state index contributed by atoms with van der Waals surface area (Å²) in [7, 11) is 0. The summed E-state index contributed by atoms with van der Waals surface area (Å²) in [5.41, 5.74) is 0. The van der Waals surface area contributed by atoms with Gasteiger partial charge in [0.05, 0.1) is 25.4 Å². The number of ether oxygens (including phenoxy) is 2. The van der Waals surface area contributed by atoms with Crippen LogP contribution in [0, 0.1) is 0 Å². The molecular formula is C46H83NO8. The Morgan fingerprint density at radius 2 is 1.09 bits per heavy atom. The molecule has 1 aliphatic rings. The lowest BCUT2D eigenvalue weighted by atomic mass is 9.99. The first-order valence-corrected chi connectivity index (χ1v) is 22.4. The summed E-state index contributed by atoms with van der Waals surface area (Å²) in [5, 5.41) is 54.1. The molecule has 6 N–H and O–H groups in total. The molecule has 0 bridgehead atoms.